The number of H-pyrrole nitrogens is 1. The lowest BCUT2D eigenvalue weighted by Crippen LogP contribution is -2.52. The van der Waals surface area contributed by atoms with Crippen molar-refractivity contribution >= 4 is 23.8 Å². The third-order valence-electron chi connectivity index (χ3n) is 5.90. The first-order chi connectivity index (χ1) is 16.7. The lowest BCUT2D eigenvalue weighted by Gasteiger charge is -2.35. The van der Waals surface area contributed by atoms with Gasteiger partial charge in [0.2, 0.25) is 0 Å². The maximum atomic E-state index is 12.7. The lowest BCUT2D eigenvalue weighted by atomic mass is 10.0. The molecular weight excluding hydrogens is 452 g/mol. The topological polar surface area (TPSA) is 149 Å². The number of piperazine rings is 1. The van der Waals surface area contributed by atoms with E-state index in [9.17, 15) is 9.59 Å². The fourth-order valence-electron chi connectivity index (χ4n) is 4.14. The summed E-state index contributed by atoms with van der Waals surface area (Å²) >= 11 is 0. The van der Waals surface area contributed by atoms with E-state index in [0.717, 1.165) is 18.5 Å². The molecule has 2 aromatic rings. The molecule has 2 aromatic heterocycles. The van der Waals surface area contributed by atoms with Crippen molar-refractivity contribution in [1.82, 2.24) is 30.0 Å². The zero-order valence-corrected chi connectivity index (χ0v) is 20.2. The normalized spacial score (nSPS) is 20.3. The summed E-state index contributed by atoms with van der Waals surface area (Å²) in [5, 5.41) is 19.2. The van der Waals surface area contributed by atoms with E-state index in [4.69, 9.17) is 14.7 Å². The van der Waals surface area contributed by atoms with Crippen LogP contribution in [-0.2, 0) is 9.47 Å². The Balaban J connectivity index is 1.23. The number of hydrogen-bond acceptors (Lipinski definition) is 9. The molecule has 0 spiro atoms. The van der Waals surface area contributed by atoms with Crippen LogP contribution < -0.4 is 5.32 Å². The van der Waals surface area contributed by atoms with E-state index >= 15 is 0 Å². The van der Waals surface area contributed by atoms with Gasteiger partial charge in [-0.15, -0.1) is 0 Å². The Morgan fingerprint density at radius 1 is 1.09 bits per heavy atom. The molecule has 0 radical (unpaired) electrons. The van der Waals surface area contributed by atoms with Crippen molar-refractivity contribution in [3.63, 3.8) is 0 Å². The van der Waals surface area contributed by atoms with E-state index in [2.05, 4.69) is 25.5 Å². The molecule has 1 saturated heterocycles. The molecule has 0 bridgehead atoms. The molecular formula is C23H30N8O4. The quantitative estimate of drug-likeness (QED) is 0.670. The minimum Gasteiger partial charge on any atom is -0.446 e. The number of nitrogens with one attached hydrogen (secondary N) is 2. The molecule has 1 saturated carbocycles. The highest BCUT2D eigenvalue weighted by Crippen LogP contribution is 2.36. The van der Waals surface area contributed by atoms with Crippen molar-refractivity contribution < 1.29 is 19.1 Å². The predicted octanol–water partition coefficient (Wildman–Crippen LogP) is 3.14. The highest BCUT2D eigenvalue weighted by molar-refractivity contribution is 5.70. The van der Waals surface area contributed by atoms with E-state index < -0.39 is 5.60 Å². The SMILES string of the molecule is CC(C)(C)OC(=O)N1CCN(C(=O)OC2CCC(c3cc(Nc4cnc(C#N)cn4)n[nH]3)C2)CC1. The molecule has 2 aliphatic rings. The van der Waals surface area contributed by atoms with Gasteiger partial charge in [0.1, 0.15) is 23.6 Å². The van der Waals surface area contributed by atoms with Gasteiger partial charge in [0.15, 0.2) is 11.5 Å². The average molecular weight is 483 g/mol. The van der Waals surface area contributed by atoms with Gasteiger partial charge >= 0.3 is 12.2 Å². The summed E-state index contributed by atoms with van der Waals surface area (Å²) in [6, 6.07) is 3.84. The van der Waals surface area contributed by atoms with Gasteiger partial charge in [-0.3, -0.25) is 5.10 Å². The Labute approximate surface area is 203 Å². The minimum atomic E-state index is -0.546. The molecule has 2 unspecified atom stereocenters. The number of carbonyl (C=O) groups excluding carboxylic acids is 2. The van der Waals surface area contributed by atoms with Crippen LogP contribution in [0.2, 0.25) is 0 Å². The van der Waals surface area contributed by atoms with Gasteiger partial charge in [-0.2, -0.15) is 10.4 Å². The Hall–Kier alpha value is -3.88. The van der Waals surface area contributed by atoms with Gasteiger partial charge in [0.05, 0.1) is 12.4 Å². The molecule has 1 aliphatic carbocycles. The number of nitrogens with zero attached hydrogens (tertiary/aromatic N) is 6. The van der Waals surface area contributed by atoms with Crippen LogP contribution in [0.5, 0.6) is 0 Å². The van der Waals surface area contributed by atoms with E-state index in [1.807, 2.05) is 32.9 Å². The first kappa shape index (κ1) is 24.3. The largest absolute Gasteiger partial charge is 0.446 e. The average Bonchev–Trinajstić information content (AvgIpc) is 3.48. The number of rotatable bonds is 4. The second kappa shape index (κ2) is 10.2. The van der Waals surface area contributed by atoms with Gasteiger partial charge in [0.25, 0.3) is 0 Å². The van der Waals surface area contributed by atoms with Gasteiger partial charge in [-0.1, -0.05) is 0 Å². The molecule has 2 fully saturated rings. The smallest absolute Gasteiger partial charge is 0.410 e. The number of amides is 2. The van der Waals surface area contributed by atoms with Crippen LogP contribution in [0.1, 0.15) is 57.3 Å². The number of hydrogen-bond donors (Lipinski definition) is 2. The van der Waals surface area contributed by atoms with Crippen LogP contribution in [-0.4, -0.2) is 80.0 Å². The van der Waals surface area contributed by atoms with Crippen LogP contribution in [0.25, 0.3) is 0 Å². The Morgan fingerprint density at radius 3 is 2.43 bits per heavy atom. The van der Waals surface area contributed by atoms with Gasteiger partial charge in [-0.25, -0.2) is 19.6 Å². The monoisotopic (exact) mass is 482 g/mol. The first-order valence-electron chi connectivity index (χ1n) is 11.7. The Bertz CT molecular complexity index is 1080. The highest BCUT2D eigenvalue weighted by atomic mass is 16.6. The van der Waals surface area contributed by atoms with Crippen molar-refractivity contribution in [2.75, 3.05) is 31.5 Å². The molecule has 1 aliphatic heterocycles. The van der Waals surface area contributed by atoms with E-state index in [-0.39, 0.29) is 29.9 Å². The van der Waals surface area contributed by atoms with Crippen LogP contribution >= 0.6 is 0 Å². The van der Waals surface area contributed by atoms with Gasteiger partial charge in [0, 0.05) is 43.9 Å². The van der Waals surface area contributed by atoms with E-state index in [0.29, 0.717) is 44.2 Å². The van der Waals surface area contributed by atoms with Crippen molar-refractivity contribution in [1.29, 1.82) is 5.26 Å². The summed E-state index contributed by atoms with van der Waals surface area (Å²) in [5.74, 6) is 1.29. The van der Waals surface area contributed by atoms with E-state index in [1.54, 1.807) is 9.80 Å². The summed E-state index contributed by atoms with van der Waals surface area (Å²) in [5.41, 5.74) is 0.656. The maximum absolute atomic E-state index is 12.7. The van der Waals surface area contributed by atoms with Crippen molar-refractivity contribution in [3.8, 4) is 6.07 Å². The van der Waals surface area contributed by atoms with Crippen molar-refractivity contribution in [2.24, 2.45) is 0 Å². The second-order valence-electron chi connectivity index (χ2n) is 9.70. The third-order valence-corrected chi connectivity index (χ3v) is 5.90. The molecule has 2 amide bonds. The summed E-state index contributed by atoms with van der Waals surface area (Å²) in [7, 11) is 0. The molecule has 12 heteroatoms. The number of aromatic nitrogens is 4. The van der Waals surface area contributed by atoms with Crippen LogP contribution in [0.4, 0.5) is 21.2 Å². The number of nitriles is 1. The fourth-order valence-corrected chi connectivity index (χ4v) is 4.14. The second-order valence-corrected chi connectivity index (χ2v) is 9.70. The van der Waals surface area contributed by atoms with Gasteiger partial charge in [-0.05, 0) is 40.0 Å². The molecule has 186 valence electrons. The third kappa shape index (κ3) is 6.38. The predicted molar refractivity (Wildman–Crippen MR) is 125 cm³/mol. The number of carbonyl (C=O) groups is 2. The summed E-state index contributed by atoms with van der Waals surface area (Å²) < 4.78 is 11.2. The number of aromatic amines is 1. The van der Waals surface area contributed by atoms with Crippen LogP contribution in [0.3, 0.4) is 0 Å². The van der Waals surface area contributed by atoms with Gasteiger partial charge < -0.3 is 24.6 Å². The summed E-state index contributed by atoms with van der Waals surface area (Å²) in [6.45, 7) is 7.17. The molecule has 3 heterocycles. The first-order valence-corrected chi connectivity index (χ1v) is 11.7. The molecule has 35 heavy (non-hydrogen) atoms. The Kier molecular flexibility index (Phi) is 7.04. The van der Waals surface area contributed by atoms with E-state index in [1.165, 1.54) is 12.4 Å². The summed E-state index contributed by atoms with van der Waals surface area (Å²) in [6.07, 6.45) is 4.37. The number of ether oxygens (including phenoxy) is 2. The molecule has 12 nitrogen and oxygen atoms in total. The standard InChI is InChI=1S/C23H30N8O4/c1-23(2,3)35-22(33)31-8-6-30(7-9-31)21(32)34-17-5-4-15(10-17)18-11-19(29-28-18)27-20-14-25-16(12-24)13-26-20/h11,13-15,17H,4-10H2,1-3H3,(H2,26,27,28,29). The van der Waals surface area contributed by atoms with Crippen LogP contribution in [0.15, 0.2) is 18.5 Å². The van der Waals surface area contributed by atoms with Crippen molar-refractivity contribution in [3.05, 3.63) is 29.8 Å². The zero-order valence-electron chi connectivity index (χ0n) is 20.2. The summed E-state index contributed by atoms with van der Waals surface area (Å²) in [4.78, 5) is 36.2. The molecule has 4 rings (SSSR count). The zero-order chi connectivity index (χ0) is 25.0. The molecule has 2 N–H and O–H groups in total. The fraction of sp³-hybridized carbons (Fsp3) is 0.565. The highest BCUT2D eigenvalue weighted by Gasteiger charge is 2.33. The van der Waals surface area contributed by atoms with Crippen LogP contribution in [0, 0.1) is 11.3 Å². The van der Waals surface area contributed by atoms with Crippen molar-refractivity contribution in [2.45, 2.75) is 57.7 Å². The maximum Gasteiger partial charge on any atom is 0.410 e. The minimum absolute atomic E-state index is 0.166. The lowest BCUT2D eigenvalue weighted by molar-refractivity contribution is 0.00948. The number of anilines is 2. The molecule has 0 aromatic carbocycles. The Morgan fingerprint density at radius 2 is 1.80 bits per heavy atom. The molecule has 2 atom stereocenters.